The van der Waals surface area contributed by atoms with Gasteiger partial charge in [0.05, 0.1) is 19.9 Å². The van der Waals surface area contributed by atoms with Crippen molar-refractivity contribution in [2.45, 2.75) is 13.1 Å². The fraction of sp³-hybridized carbons (Fsp3) is 0.250. The summed E-state index contributed by atoms with van der Waals surface area (Å²) in [4.78, 5) is 2.04. The van der Waals surface area contributed by atoms with E-state index in [1.54, 1.807) is 31.6 Å². The van der Waals surface area contributed by atoms with Gasteiger partial charge in [-0.2, -0.15) is 0 Å². The lowest BCUT2D eigenvalue weighted by Crippen LogP contribution is -2.18. The van der Waals surface area contributed by atoms with Crippen LogP contribution in [0.4, 0.5) is 0 Å². The Balaban J connectivity index is 1.68. The van der Waals surface area contributed by atoms with E-state index < -0.39 is 0 Å². The highest BCUT2D eigenvalue weighted by atomic mass is 35.5. The van der Waals surface area contributed by atoms with E-state index in [1.165, 1.54) is 0 Å². The lowest BCUT2D eigenvalue weighted by Gasteiger charge is -2.16. The normalized spacial score (nSPS) is 11.1. The summed E-state index contributed by atoms with van der Waals surface area (Å²) in [6, 6.07) is 9.10. The van der Waals surface area contributed by atoms with Crippen molar-refractivity contribution in [2.75, 3.05) is 14.2 Å². The average molecular weight is 334 g/mol. The van der Waals surface area contributed by atoms with Crippen molar-refractivity contribution < 1.29 is 13.6 Å². The third-order valence-electron chi connectivity index (χ3n) is 3.29. The van der Waals surface area contributed by atoms with Gasteiger partial charge in [0.1, 0.15) is 5.75 Å². The first-order valence-corrected chi connectivity index (χ1v) is 7.40. The van der Waals surface area contributed by atoms with Gasteiger partial charge >= 0.3 is 0 Å². The molecule has 0 fully saturated rings. The van der Waals surface area contributed by atoms with Crippen molar-refractivity contribution in [2.24, 2.45) is 0 Å². The second-order valence-electron chi connectivity index (χ2n) is 5.11. The molecule has 3 aromatic rings. The molecule has 0 aliphatic heterocycles. The molecule has 2 heterocycles. The van der Waals surface area contributed by atoms with Crippen molar-refractivity contribution >= 4 is 11.6 Å². The van der Waals surface area contributed by atoms with Crippen LogP contribution in [0.3, 0.4) is 0 Å². The minimum atomic E-state index is 0.374. The first-order valence-electron chi connectivity index (χ1n) is 7.03. The SMILES string of the molecule is COc1ccc(Cl)cc1CN(C)Cc1nnc(-c2ccco2)o1. The average Bonchev–Trinajstić information content (AvgIpc) is 3.18. The Bertz CT molecular complexity index is 771. The van der Waals surface area contributed by atoms with Gasteiger partial charge in [-0.3, -0.25) is 4.90 Å². The number of benzene rings is 1. The Morgan fingerprint density at radius 2 is 2.09 bits per heavy atom. The lowest BCUT2D eigenvalue weighted by atomic mass is 10.2. The molecule has 0 bridgehead atoms. The zero-order chi connectivity index (χ0) is 16.2. The monoisotopic (exact) mass is 333 g/mol. The van der Waals surface area contributed by atoms with Gasteiger partial charge in [0.25, 0.3) is 5.89 Å². The van der Waals surface area contributed by atoms with Crippen LogP contribution in [0, 0.1) is 0 Å². The van der Waals surface area contributed by atoms with Gasteiger partial charge in [-0.15, -0.1) is 10.2 Å². The largest absolute Gasteiger partial charge is 0.496 e. The number of rotatable bonds is 6. The summed E-state index contributed by atoms with van der Waals surface area (Å²) in [5, 5.41) is 8.70. The molecule has 120 valence electrons. The smallest absolute Gasteiger partial charge is 0.283 e. The second-order valence-corrected chi connectivity index (χ2v) is 5.54. The van der Waals surface area contributed by atoms with Crippen LogP contribution in [0.2, 0.25) is 5.02 Å². The number of aromatic nitrogens is 2. The van der Waals surface area contributed by atoms with Crippen LogP contribution in [-0.2, 0) is 13.1 Å². The summed E-state index contributed by atoms with van der Waals surface area (Å²) in [5.74, 6) is 2.24. The van der Waals surface area contributed by atoms with E-state index in [0.717, 1.165) is 11.3 Å². The highest BCUT2D eigenvalue weighted by Gasteiger charge is 2.14. The van der Waals surface area contributed by atoms with Crippen LogP contribution in [-0.4, -0.2) is 29.3 Å². The number of nitrogens with zero attached hydrogens (tertiary/aromatic N) is 3. The van der Waals surface area contributed by atoms with Gasteiger partial charge in [-0.25, -0.2) is 0 Å². The first-order chi connectivity index (χ1) is 11.2. The molecule has 0 aliphatic rings. The molecule has 0 radical (unpaired) electrons. The molecule has 0 amide bonds. The maximum Gasteiger partial charge on any atom is 0.283 e. The summed E-state index contributed by atoms with van der Waals surface area (Å²) in [7, 11) is 3.59. The fourth-order valence-corrected chi connectivity index (χ4v) is 2.46. The van der Waals surface area contributed by atoms with E-state index in [1.807, 2.05) is 24.1 Å². The zero-order valence-corrected chi connectivity index (χ0v) is 13.6. The predicted molar refractivity (Wildman–Crippen MR) is 85.2 cm³/mol. The van der Waals surface area contributed by atoms with Crippen molar-refractivity contribution in [3.8, 4) is 17.4 Å². The number of furan rings is 1. The van der Waals surface area contributed by atoms with Gasteiger partial charge in [-0.05, 0) is 37.4 Å². The Morgan fingerprint density at radius 1 is 1.22 bits per heavy atom. The number of halogens is 1. The number of hydrogen-bond donors (Lipinski definition) is 0. The van der Waals surface area contributed by atoms with Crippen LogP contribution in [0.1, 0.15) is 11.5 Å². The number of ether oxygens (including phenoxy) is 1. The molecule has 1 aromatic carbocycles. The summed E-state index contributed by atoms with van der Waals surface area (Å²) in [6.45, 7) is 1.14. The lowest BCUT2D eigenvalue weighted by molar-refractivity contribution is 0.277. The van der Waals surface area contributed by atoms with Gasteiger partial charge in [0, 0.05) is 17.1 Å². The number of methoxy groups -OCH3 is 1. The number of hydrogen-bond acceptors (Lipinski definition) is 6. The standard InChI is InChI=1S/C16H16ClN3O3/c1-20(9-11-8-12(17)5-6-13(11)21-2)10-15-18-19-16(23-15)14-4-3-7-22-14/h3-8H,9-10H2,1-2H3. The van der Waals surface area contributed by atoms with Gasteiger partial charge in [0.2, 0.25) is 5.89 Å². The fourth-order valence-electron chi connectivity index (χ4n) is 2.27. The maximum absolute atomic E-state index is 6.05. The van der Waals surface area contributed by atoms with E-state index in [4.69, 9.17) is 25.2 Å². The molecular weight excluding hydrogens is 318 g/mol. The Labute approximate surface area is 138 Å². The van der Waals surface area contributed by atoms with Gasteiger partial charge in [0.15, 0.2) is 5.76 Å². The molecule has 0 unspecified atom stereocenters. The maximum atomic E-state index is 6.05. The molecule has 0 atom stereocenters. The molecule has 0 saturated carbocycles. The van der Waals surface area contributed by atoms with Crippen LogP contribution in [0.25, 0.3) is 11.7 Å². The molecule has 7 heteroatoms. The Kier molecular flexibility index (Phi) is 4.64. The minimum Gasteiger partial charge on any atom is -0.496 e. The van der Waals surface area contributed by atoms with Gasteiger partial charge in [-0.1, -0.05) is 11.6 Å². The highest BCUT2D eigenvalue weighted by Crippen LogP contribution is 2.24. The predicted octanol–water partition coefficient (Wildman–Crippen LogP) is 3.62. The van der Waals surface area contributed by atoms with Crippen LogP contribution in [0.15, 0.2) is 45.4 Å². The Morgan fingerprint density at radius 3 is 2.83 bits per heavy atom. The second kappa shape index (κ2) is 6.85. The van der Waals surface area contributed by atoms with Crippen LogP contribution < -0.4 is 4.74 Å². The third kappa shape index (κ3) is 3.72. The summed E-state index contributed by atoms with van der Waals surface area (Å²) >= 11 is 6.05. The molecule has 3 rings (SSSR count). The highest BCUT2D eigenvalue weighted by molar-refractivity contribution is 6.30. The van der Waals surface area contributed by atoms with E-state index in [-0.39, 0.29) is 0 Å². The summed E-state index contributed by atoms with van der Waals surface area (Å²) in [5.41, 5.74) is 0.994. The molecule has 0 spiro atoms. The molecule has 0 N–H and O–H groups in total. The molecule has 6 nitrogen and oxygen atoms in total. The Hall–Kier alpha value is -2.31. The molecular formula is C16H16ClN3O3. The van der Waals surface area contributed by atoms with Gasteiger partial charge < -0.3 is 13.6 Å². The molecule has 0 aliphatic carbocycles. The van der Waals surface area contributed by atoms with E-state index >= 15 is 0 Å². The van der Waals surface area contributed by atoms with Crippen molar-refractivity contribution in [3.63, 3.8) is 0 Å². The minimum absolute atomic E-state index is 0.374. The van der Waals surface area contributed by atoms with E-state index in [2.05, 4.69) is 10.2 Å². The summed E-state index contributed by atoms with van der Waals surface area (Å²) < 4.78 is 16.2. The molecule has 0 saturated heterocycles. The van der Waals surface area contributed by atoms with Crippen LogP contribution in [0.5, 0.6) is 5.75 Å². The van der Waals surface area contributed by atoms with Crippen molar-refractivity contribution in [1.29, 1.82) is 0 Å². The van der Waals surface area contributed by atoms with Crippen LogP contribution >= 0.6 is 11.6 Å². The van der Waals surface area contributed by atoms with E-state index in [9.17, 15) is 0 Å². The quantitative estimate of drug-likeness (QED) is 0.686. The first kappa shape index (κ1) is 15.6. The zero-order valence-electron chi connectivity index (χ0n) is 12.8. The van der Waals surface area contributed by atoms with Crippen molar-refractivity contribution in [1.82, 2.24) is 15.1 Å². The van der Waals surface area contributed by atoms with Crippen molar-refractivity contribution in [3.05, 3.63) is 53.1 Å². The topological polar surface area (TPSA) is 64.5 Å². The molecule has 2 aromatic heterocycles. The summed E-state index contributed by atoms with van der Waals surface area (Å²) in [6.07, 6.45) is 1.57. The van der Waals surface area contributed by atoms with E-state index in [0.29, 0.717) is 35.7 Å². The molecule has 23 heavy (non-hydrogen) atoms. The third-order valence-corrected chi connectivity index (χ3v) is 3.52.